The summed E-state index contributed by atoms with van der Waals surface area (Å²) in [7, 11) is 0. The molecule has 11 heteroatoms. The Balaban J connectivity index is 1.30. The van der Waals surface area contributed by atoms with Crippen LogP contribution in [0.5, 0.6) is 0 Å². The van der Waals surface area contributed by atoms with Crippen molar-refractivity contribution in [2.45, 2.75) is 31.6 Å². The summed E-state index contributed by atoms with van der Waals surface area (Å²) in [6, 6.07) is 10.1. The van der Waals surface area contributed by atoms with Gasteiger partial charge in [-0.2, -0.15) is 0 Å². The van der Waals surface area contributed by atoms with Crippen molar-refractivity contribution in [1.29, 1.82) is 0 Å². The van der Waals surface area contributed by atoms with Crippen molar-refractivity contribution in [2.75, 3.05) is 16.0 Å². The third-order valence-corrected chi connectivity index (χ3v) is 7.67. The van der Waals surface area contributed by atoms with Crippen LogP contribution in [0.4, 0.5) is 20.9 Å². The molecule has 35 heavy (non-hydrogen) atoms. The lowest BCUT2D eigenvalue weighted by Gasteiger charge is -2.14. The van der Waals surface area contributed by atoms with Gasteiger partial charge >= 0.3 is 0 Å². The molecule has 3 amide bonds. The number of aromatic nitrogens is 1. The second-order valence-electron chi connectivity index (χ2n) is 8.59. The Morgan fingerprint density at radius 3 is 2.20 bits per heavy atom. The molecule has 0 bridgehead atoms. The summed E-state index contributed by atoms with van der Waals surface area (Å²) in [5.41, 5.74) is 0.299. The van der Waals surface area contributed by atoms with Crippen LogP contribution in [0.15, 0.2) is 42.5 Å². The van der Waals surface area contributed by atoms with E-state index >= 15 is 0 Å². The summed E-state index contributed by atoms with van der Waals surface area (Å²) in [6.07, 6.45) is 2.59. The summed E-state index contributed by atoms with van der Waals surface area (Å²) < 4.78 is 13.1. The first-order valence-corrected chi connectivity index (χ1v) is 12.5. The van der Waals surface area contributed by atoms with Gasteiger partial charge in [0.15, 0.2) is 5.13 Å². The topological polar surface area (TPSA) is 100 Å². The third kappa shape index (κ3) is 5.03. The lowest BCUT2D eigenvalue weighted by atomic mass is 10.1. The molecule has 3 N–H and O–H groups in total. The number of hydrogen-bond donors (Lipinski definition) is 3. The molecule has 2 aliphatic carbocycles. The number of carbonyl (C=O) groups excluding carboxylic acids is 3. The van der Waals surface area contributed by atoms with E-state index in [4.69, 9.17) is 23.2 Å². The van der Waals surface area contributed by atoms with Crippen molar-refractivity contribution in [2.24, 2.45) is 5.41 Å². The molecular formula is C24H19Cl2FN4O3S. The van der Waals surface area contributed by atoms with Crippen molar-refractivity contribution in [3.05, 3.63) is 68.9 Å². The highest BCUT2D eigenvalue weighted by Gasteiger charge is 2.56. The van der Waals surface area contributed by atoms with Gasteiger partial charge in [0.25, 0.3) is 5.91 Å². The van der Waals surface area contributed by atoms with Crippen LogP contribution in [0.2, 0.25) is 10.0 Å². The fraction of sp³-hybridized carbons (Fsp3) is 0.250. The molecule has 7 nitrogen and oxygen atoms in total. The van der Waals surface area contributed by atoms with E-state index in [1.54, 1.807) is 18.2 Å². The molecule has 3 aromatic rings. The maximum atomic E-state index is 13.1. The van der Waals surface area contributed by atoms with Crippen molar-refractivity contribution < 1.29 is 18.8 Å². The summed E-state index contributed by atoms with van der Waals surface area (Å²) in [5.74, 6) is -1.57. The number of nitrogens with zero attached hydrogens (tertiary/aromatic N) is 1. The van der Waals surface area contributed by atoms with E-state index in [1.165, 1.54) is 24.3 Å². The van der Waals surface area contributed by atoms with E-state index in [0.29, 0.717) is 44.8 Å². The van der Waals surface area contributed by atoms with Gasteiger partial charge < -0.3 is 16.0 Å². The number of amides is 3. The number of halogens is 3. The number of thiazole rings is 1. The molecule has 0 atom stereocenters. The van der Waals surface area contributed by atoms with Gasteiger partial charge in [-0.1, -0.05) is 34.5 Å². The Bertz CT molecular complexity index is 1340. The number of anilines is 3. The molecule has 0 saturated heterocycles. The Morgan fingerprint density at radius 1 is 0.914 bits per heavy atom. The maximum absolute atomic E-state index is 13.1. The van der Waals surface area contributed by atoms with Crippen molar-refractivity contribution in [3.8, 4) is 0 Å². The predicted molar refractivity (Wildman–Crippen MR) is 134 cm³/mol. The lowest BCUT2D eigenvalue weighted by Crippen LogP contribution is -2.35. The monoisotopic (exact) mass is 532 g/mol. The highest BCUT2D eigenvalue weighted by atomic mass is 35.5. The van der Waals surface area contributed by atoms with Gasteiger partial charge in [0.2, 0.25) is 11.8 Å². The number of nitrogens with one attached hydrogen (secondary N) is 3. The van der Waals surface area contributed by atoms with E-state index in [-0.39, 0.29) is 17.0 Å². The van der Waals surface area contributed by atoms with Gasteiger partial charge in [-0.15, -0.1) is 0 Å². The van der Waals surface area contributed by atoms with E-state index < -0.39 is 23.0 Å². The largest absolute Gasteiger partial charge is 0.325 e. The molecule has 2 fully saturated rings. The van der Waals surface area contributed by atoms with Crippen LogP contribution in [0.3, 0.4) is 0 Å². The zero-order valence-corrected chi connectivity index (χ0v) is 20.5. The van der Waals surface area contributed by atoms with Gasteiger partial charge in [-0.25, -0.2) is 9.37 Å². The minimum Gasteiger partial charge on any atom is -0.325 e. The highest BCUT2D eigenvalue weighted by molar-refractivity contribution is 7.17. The van der Waals surface area contributed by atoms with Crippen LogP contribution in [-0.2, 0) is 9.59 Å². The van der Waals surface area contributed by atoms with Gasteiger partial charge in [0, 0.05) is 17.3 Å². The van der Waals surface area contributed by atoms with Gasteiger partial charge in [-0.3, -0.25) is 14.4 Å². The second-order valence-corrected chi connectivity index (χ2v) is 10.4. The minimum atomic E-state index is -1.22. The molecule has 2 saturated carbocycles. The second kappa shape index (κ2) is 9.22. The number of benzene rings is 2. The van der Waals surface area contributed by atoms with Crippen LogP contribution in [0, 0.1) is 11.2 Å². The minimum absolute atomic E-state index is 0.156. The van der Waals surface area contributed by atoms with E-state index in [1.807, 2.05) is 0 Å². The quantitative estimate of drug-likeness (QED) is 0.321. The fourth-order valence-electron chi connectivity index (χ4n) is 3.63. The Kier molecular flexibility index (Phi) is 6.25. The van der Waals surface area contributed by atoms with Gasteiger partial charge in [0.1, 0.15) is 16.1 Å². The van der Waals surface area contributed by atoms with Crippen LogP contribution in [0.1, 0.15) is 47.0 Å². The van der Waals surface area contributed by atoms with Gasteiger partial charge in [-0.05, 0) is 68.1 Å². The first-order chi connectivity index (χ1) is 16.7. The first kappa shape index (κ1) is 23.7. The molecule has 0 aliphatic heterocycles. The van der Waals surface area contributed by atoms with Crippen LogP contribution in [0.25, 0.3) is 0 Å². The van der Waals surface area contributed by atoms with E-state index in [0.717, 1.165) is 24.2 Å². The summed E-state index contributed by atoms with van der Waals surface area (Å²) in [4.78, 5) is 43.7. The molecule has 0 spiro atoms. The molecule has 5 rings (SSSR count). The average molecular weight is 533 g/mol. The molecule has 1 heterocycles. The summed E-state index contributed by atoms with van der Waals surface area (Å²) in [5, 5.41) is 9.15. The predicted octanol–water partition coefficient (Wildman–Crippen LogP) is 6.08. The first-order valence-electron chi connectivity index (χ1n) is 10.9. The maximum Gasteiger partial charge on any atom is 0.267 e. The Hall–Kier alpha value is -3.01. The standard InChI is InChI=1S/C24H19Cl2FN4O3S/c25-16-8-7-15(11-17(16)26)28-20(32)19-18(12-1-2-12)30-23(35-19)31-22(34)24(9-10-24)21(33)29-14-5-3-13(27)4-6-14/h3-8,11-12H,1-2,9-10H2,(H,28,32)(H,29,33)(H,30,31,34). The molecule has 180 valence electrons. The SMILES string of the molecule is O=C(Nc1ccc(Cl)c(Cl)c1)c1sc(NC(=O)C2(C(=O)Nc3ccc(F)cc3)CC2)nc1C1CC1. The molecular weight excluding hydrogens is 514 g/mol. The number of rotatable bonds is 7. The lowest BCUT2D eigenvalue weighted by molar-refractivity contribution is -0.131. The summed E-state index contributed by atoms with van der Waals surface area (Å²) in [6.45, 7) is 0. The smallest absolute Gasteiger partial charge is 0.267 e. The molecule has 2 aliphatic rings. The molecule has 2 aromatic carbocycles. The zero-order chi connectivity index (χ0) is 24.7. The van der Waals surface area contributed by atoms with Crippen molar-refractivity contribution in [1.82, 2.24) is 4.98 Å². The Labute approximate surface area is 214 Å². The normalized spacial score (nSPS) is 15.9. The van der Waals surface area contributed by atoms with E-state index in [9.17, 15) is 18.8 Å². The average Bonchev–Trinajstić information content (AvgIpc) is 3.75. The highest BCUT2D eigenvalue weighted by Crippen LogP contribution is 2.48. The number of carbonyl (C=O) groups is 3. The zero-order valence-electron chi connectivity index (χ0n) is 18.2. The molecule has 0 unspecified atom stereocenters. The molecule has 0 radical (unpaired) electrons. The fourth-order valence-corrected chi connectivity index (χ4v) is 4.87. The van der Waals surface area contributed by atoms with E-state index in [2.05, 4.69) is 20.9 Å². The Morgan fingerprint density at radius 2 is 1.57 bits per heavy atom. The third-order valence-electron chi connectivity index (χ3n) is 5.94. The molecule has 1 aromatic heterocycles. The summed E-state index contributed by atoms with van der Waals surface area (Å²) >= 11 is 13.0. The van der Waals surface area contributed by atoms with Gasteiger partial charge in [0.05, 0.1) is 15.7 Å². The van der Waals surface area contributed by atoms with Crippen LogP contribution >= 0.6 is 34.5 Å². The van der Waals surface area contributed by atoms with Crippen molar-refractivity contribution >= 4 is 68.8 Å². The number of hydrogen-bond acceptors (Lipinski definition) is 5. The van der Waals surface area contributed by atoms with Crippen LogP contribution < -0.4 is 16.0 Å². The van der Waals surface area contributed by atoms with Crippen molar-refractivity contribution in [3.63, 3.8) is 0 Å². The van der Waals surface area contributed by atoms with Crippen LogP contribution in [-0.4, -0.2) is 22.7 Å².